The number of rotatable bonds is 3. The van der Waals surface area contributed by atoms with Gasteiger partial charge in [0.15, 0.2) is 11.9 Å². The average molecular weight is 267 g/mol. The second-order valence-electron chi connectivity index (χ2n) is 3.53. The molecule has 1 aromatic rings. The SMILES string of the molecule is C#CC(C)(C)Oc1cccc(Br)c1C=O. The van der Waals surface area contributed by atoms with Gasteiger partial charge in [0.05, 0.1) is 5.56 Å². The Morgan fingerprint density at radius 1 is 1.53 bits per heavy atom. The molecule has 1 rings (SSSR count). The number of halogens is 1. The van der Waals surface area contributed by atoms with E-state index >= 15 is 0 Å². The number of aldehydes is 1. The molecule has 0 aliphatic heterocycles. The number of hydrogen-bond acceptors (Lipinski definition) is 2. The van der Waals surface area contributed by atoms with E-state index in [9.17, 15) is 4.79 Å². The molecular formula is C12H11BrO2. The fourth-order valence-electron chi connectivity index (χ4n) is 1.02. The maximum Gasteiger partial charge on any atom is 0.163 e. The molecule has 3 heteroatoms. The van der Waals surface area contributed by atoms with Gasteiger partial charge in [-0.2, -0.15) is 0 Å². The zero-order valence-corrected chi connectivity index (χ0v) is 10.2. The molecule has 15 heavy (non-hydrogen) atoms. The van der Waals surface area contributed by atoms with Crippen LogP contribution in [0.2, 0.25) is 0 Å². The van der Waals surface area contributed by atoms with Gasteiger partial charge in [-0.05, 0) is 41.9 Å². The average Bonchev–Trinajstić information content (AvgIpc) is 2.18. The Kier molecular flexibility index (Phi) is 3.54. The summed E-state index contributed by atoms with van der Waals surface area (Å²) in [7, 11) is 0. The summed E-state index contributed by atoms with van der Waals surface area (Å²) < 4.78 is 6.25. The summed E-state index contributed by atoms with van der Waals surface area (Å²) in [6, 6.07) is 5.28. The molecule has 1 aromatic carbocycles. The number of carbonyl (C=O) groups is 1. The normalized spacial score (nSPS) is 10.5. The molecular weight excluding hydrogens is 256 g/mol. The molecule has 0 saturated carbocycles. The third-order valence-corrected chi connectivity index (χ3v) is 2.53. The molecule has 0 heterocycles. The lowest BCUT2D eigenvalue weighted by molar-refractivity contribution is 0.111. The van der Waals surface area contributed by atoms with Crippen LogP contribution in [0.4, 0.5) is 0 Å². The zero-order valence-electron chi connectivity index (χ0n) is 8.58. The van der Waals surface area contributed by atoms with E-state index in [4.69, 9.17) is 11.2 Å². The predicted molar refractivity (Wildman–Crippen MR) is 63.1 cm³/mol. The number of benzene rings is 1. The second kappa shape index (κ2) is 4.50. The van der Waals surface area contributed by atoms with Crippen LogP contribution in [0.5, 0.6) is 5.75 Å². The fourth-order valence-corrected chi connectivity index (χ4v) is 1.47. The van der Waals surface area contributed by atoms with Crippen LogP contribution in [0.25, 0.3) is 0 Å². The first kappa shape index (κ1) is 11.8. The highest BCUT2D eigenvalue weighted by molar-refractivity contribution is 9.10. The van der Waals surface area contributed by atoms with E-state index in [2.05, 4.69) is 21.9 Å². The highest BCUT2D eigenvalue weighted by Gasteiger charge is 2.18. The van der Waals surface area contributed by atoms with Crippen molar-refractivity contribution in [3.05, 3.63) is 28.2 Å². The van der Waals surface area contributed by atoms with Gasteiger partial charge in [-0.1, -0.05) is 12.0 Å². The van der Waals surface area contributed by atoms with Crippen molar-refractivity contribution < 1.29 is 9.53 Å². The highest BCUT2D eigenvalue weighted by Crippen LogP contribution is 2.27. The van der Waals surface area contributed by atoms with Crippen molar-refractivity contribution in [2.75, 3.05) is 0 Å². The summed E-state index contributed by atoms with van der Waals surface area (Å²) in [4.78, 5) is 10.9. The minimum atomic E-state index is -0.724. The molecule has 78 valence electrons. The molecule has 0 aliphatic rings. The Bertz CT molecular complexity index is 416. The van der Waals surface area contributed by atoms with E-state index in [0.717, 1.165) is 6.29 Å². The molecule has 0 spiro atoms. The summed E-state index contributed by atoms with van der Waals surface area (Å²) in [5.74, 6) is 3.00. The summed E-state index contributed by atoms with van der Waals surface area (Å²) in [5.41, 5.74) is -0.251. The van der Waals surface area contributed by atoms with Crippen LogP contribution in [0.15, 0.2) is 22.7 Å². The summed E-state index contributed by atoms with van der Waals surface area (Å²) >= 11 is 3.27. The number of hydrogen-bond donors (Lipinski definition) is 0. The number of terminal acetylenes is 1. The molecule has 2 nitrogen and oxygen atoms in total. The largest absolute Gasteiger partial charge is 0.474 e. The third kappa shape index (κ3) is 2.84. The maximum atomic E-state index is 10.9. The topological polar surface area (TPSA) is 26.3 Å². The fraction of sp³-hybridized carbons (Fsp3) is 0.250. The Labute approximate surface area is 97.8 Å². The van der Waals surface area contributed by atoms with Gasteiger partial charge in [-0.3, -0.25) is 4.79 Å². The Morgan fingerprint density at radius 2 is 2.20 bits per heavy atom. The zero-order chi connectivity index (χ0) is 11.5. The Balaban J connectivity index is 3.11. The number of ether oxygens (including phenoxy) is 1. The van der Waals surface area contributed by atoms with Gasteiger partial charge in [0.1, 0.15) is 5.75 Å². The molecule has 0 bridgehead atoms. The van der Waals surface area contributed by atoms with Gasteiger partial charge in [-0.25, -0.2) is 0 Å². The van der Waals surface area contributed by atoms with Crippen molar-refractivity contribution in [1.29, 1.82) is 0 Å². The first-order valence-electron chi connectivity index (χ1n) is 4.40. The lowest BCUT2D eigenvalue weighted by Gasteiger charge is -2.21. The molecule has 0 aliphatic carbocycles. The molecule has 0 aromatic heterocycles. The van der Waals surface area contributed by atoms with E-state index in [-0.39, 0.29) is 0 Å². The maximum absolute atomic E-state index is 10.9. The van der Waals surface area contributed by atoms with E-state index in [1.165, 1.54) is 0 Å². The lowest BCUT2D eigenvalue weighted by Crippen LogP contribution is -2.26. The highest BCUT2D eigenvalue weighted by atomic mass is 79.9. The van der Waals surface area contributed by atoms with Crippen LogP contribution in [0.1, 0.15) is 24.2 Å². The second-order valence-corrected chi connectivity index (χ2v) is 4.38. The van der Waals surface area contributed by atoms with Gasteiger partial charge in [-0.15, -0.1) is 6.42 Å². The monoisotopic (exact) mass is 266 g/mol. The minimum absolute atomic E-state index is 0.473. The molecule has 0 N–H and O–H groups in total. The van der Waals surface area contributed by atoms with Crippen LogP contribution in [0, 0.1) is 12.3 Å². The molecule has 0 atom stereocenters. The van der Waals surface area contributed by atoms with Crippen molar-refractivity contribution in [1.82, 2.24) is 0 Å². The third-order valence-electron chi connectivity index (χ3n) is 1.84. The van der Waals surface area contributed by atoms with Gasteiger partial charge >= 0.3 is 0 Å². The van der Waals surface area contributed by atoms with Crippen molar-refractivity contribution in [3.63, 3.8) is 0 Å². The van der Waals surface area contributed by atoms with Gasteiger partial charge in [0, 0.05) is 4.47 Å². The molecule has 0 saturated heterocycles. The van der Waals surface area contributed by atoms with Crippen LogP contribution in [0.3, 0.4) is 0 Å². The van der Waals surface area contributed by atoms with E-state index in [0.29, 0.717) is 15.8 Å². The molecule has 0 radical (unpaired) electrons. The van der Waals surface area contributed by atoms with Crippen LogP contribution in [-0.2, 0) is 0 Å². The van der Waals surface area contributed by atoms with E-state index in [1.54, 1.807) is 32.0 Å². The van der Waals surface area contributed by atoms with Gasteiger partial charge in [0.2, 0.25) is 0 Å². The lowest BCUT2D eigenvalue weighted by atomic mass is 10.1. The van der Waals surface area contributed by atoms with Crippen molar-refractivity contribution in [3.8, 4) is 18.1 Å². The Morgan fingerprint density at radius 3 is 2.73 bits per heavy atom. The van der Waals surface area contributed by atoms with E-state index in [1.807, 2.05) is 0 Å². The van der Waals surface area contributed by atoms with Gasteiger partial charge in [0.25, 0.3) is 0 Å². The molecule has 0 unspecified atom stereocenters. The first-order chi connectivity index (χ1) is 7.00. The van der Waals surface area contributed by atoms with Crippen LogP contribution < -0.4 is 4.74 Å². The van der Waals surface area contributed by atoms with Crippen molar-refractivity contribution >= 4 is 22.2 Å². The predicted octanol–water partition coefficient (Wildman–Crippen LogP) is 3.05. The van der Waals surface area contributed by atoms with Gasteiger partial charge < -0.3 is 4.74 Å². The smallest absolute Gasteiger partial charge is 0.163 e. The summed E-state index contributed by atoms with van der Waals surface area (Å²) in [5, 5.41) is 0. The van der Waals surface area contributed by atoms with Crippen molar-refractivity contribution in [2.45, 2.75) is 19.4 Å². The minimum Gasteiger partial charge on any atom is -0.474 e. The molecule has 0 amide bonds. The Hall–Kier alpha value is -1.27. The van der Waals surface area contributed by atoms with Crippen LogP contribution >= 0.6 is 15.9 Å². The standard InChI is InChI=1S/C12H11BrO2/c1-4-12(2,3)15-11-7-5-6-10(13)9(11)8-14/h1,5-8H,2-3H3. The first-order valence-corrected chi connectivity index (χ1v) is 5.20. The quantitative estimate of drug-likeness (QED) is 0.621. The van der Waals surface area contributed by atoms with E-state index < -0.39 is 5.60 Å². The van der Waals surface area contributed by atoms with Crippen LogP contribution in [-0.4, -0.2) is 11.9 Å². The molecule has 0 fully saturated rings. The summed E-state index contributed by atoms with van der Waals surface area (Å²) in [6.45, 7) is 3.53. The number of carbonyl (C=O) groups excluding carboxylic acids is 1. The van der Waals surface area contributed by atoms with Crippen molar-refractivity contribution in [2.24, 2.45) is 0 Å². The summed E-state index contributed by atoms with van der Waals surface area (Å²) in [6.07, 6.45) is 6.05.